The van der Waals surface area contributed by atoms with Crippen molar-refractivity contribution in [2.75, 3.05) is 13.2 Å². The molecule has 1 unspecified atom stereocenters. The van der Waals surface area contributed by atoms with Crippen LogP contribution in [-0.2, 0) is 14.3 Å². The molecule has 19 heavy (non-hydrogen) atoms. The van der Waals surface area contributed by atoms with E-state index in [4.69, 9.17) is 9.84 Å². The monoisotopic (exact) mass is 271 g/mol. The normalized spacial score (nSPS) is 19.4. The summed E-state index contributed by atoms with van der Waals surface area (Å²) in [7, 11) is 0. The van der Waals surface area contributed by atoms with Gasteiger partial charge >= 0.3 is 5.97 Å². The molecule has 1 aliphatic heterocycles. The van der Waals surface area contributed by atoms with E-state index < -0.39 is 5.97 Å². The summed E-state index contributed by atoms with van der Waals surface area (Å²) in [5.41, 5.74) is -0.0600. The molecule has 0 radical (unpaired) electrons. The van der Waals surface area contributed by atoms with E-state index in [9.17, 15) is 9.59 Å². The molecule has 0 aromatic heterocycles. The molecule has 1 aliphatic rings. The molecule has 1 fully saturated rings. The second kappa shape index (κ2) is 7.48. The number of carbonyl (C=O) groups is 2. The van der Waals surface area contributed by atoms with Crippen molar-refractivity contribution in [1.82, 2.24) is 5.32 Å². The van der Waals surface area contributed by atoms with Crippen LogP contribution in [0.1, 0.15) is 52.4 Å². The lowest BCUT2D eigenvalue weighted by atomic mass is 9.84. The van der Waals surface area contributed by atoms with Gasteiger partial charge in [-0.25, -0.2) is 0 Å². The highest BCUT2D eigenvalue weighted by Crippen LogP contribution is 2.26. The number of carbonyl (C=O) groups excluding carboxylic acids is 1. The van der Waals surface area contributed by atoms with Crippen LogP contribution in [0.15, 0.2) is 0 Å². The summed E-state index contributed by atoms with van der Waals surface area (Å²) < 4.78 is 5.41. The first-order chi connectivity index (χ1) is 8.89. The summed E-state index contributed by atoms with van der Waals surface area (Å²) in [6, 6.07) is 0. The molecule has 5 heteroatoms. The Morgan fingerprint density at radius 3 is 2.68 bits per heavy atom. The zero-order valence-electron chi connectivity index (χ0n) is 11.9. The van der Waals surface area contributed by atoms with Crippen LogP contribution in [-0.4, -0.2) is 36.2 Å². The van der Waals surface area contributed by atoms with Gasteiger partial charge in [-0.2, -0.15) is 0 Å². The summed E-state index contributed by atoms with van der Waals surface area (Å²) in [5.74, 6) is -0.739. The van der Waals surface area contributed by atoms with Crippen molar-refractivity contribution in [3.05, 3.63) is 0 Å². The fourth-order valence-corrected chi connectivity index (χ4v) is 2.19. The first-order valence-corrected chi connectivity index (χ1v) is 6.99. The molecular weight excluding hydrogens is 246 g/mol. The van der Waals surface area contributed by atoms with Crippen LogP contribution < -0.4 is 5.32 Å². The topological polar surface area (TPSA) is 75.6 Å². The molecule has 1 atom stereocenters. The summed E-state index contributed by atoms with van der Waals surface area (Å²) in [6.45, 7) is 5.42. The molecule has 110 valence electrons. The van der Waals surface area contributed by atoms with Crippen LogP contribution in [0.3, 0.4) is 0 Å². The van der Waals surface area contributed by atoms with Gasteiger partial charge in [0.05, 0.1) is 12.5 Å². The van der Waals surface area contributed by atoms with Crippen LogP contribution in [0, 0.1) is 5.41 Å². The minimum Gasteiger partial charge on any atom is -0.481 e. The third-order valence-electron chi connectivity index (χ3n) is 3.58. The van der Waals surface area contributed by atoms with Crippen molar-refractivity contribution >= 4 is 11.9 Å². The first-order valence-electron chi connectivity index (χ1n) is 6.99. The van der Waals surface area contributed by atoms with Gasteiger partial charge in [-0.05, 0) is 31.1 Å². The quantitative estimate of drug-likeness (QED) is 0.707. The van der Waals surface area contributed by atoms with Crippen LogP contribution in [0.2, 0.25) is 0 Å². The van der Waals surface area contributed by atoms with E-state index in [2.05, 4.69) is 5.32 Å². The highest BCUT2D eigenvalue weighted by molar-refractivity contribution is 5.76. The summed E-state index contributed by atoms with van der Waals surface area (Å²) in [5, 5.41) is 11.6. The van der Waals surface area contributed by atoms with Gasteiger partial charge in [0.15, 0.2) is 0 Å². The molecule has 0 aromatic rings. The molecule has 0 aromatic carbocycles. The number of hydrogen-bond donors (Lipinski definition) is 2. The molecule has 1 amide bonds. The van der Waals surface area contributed by atoms with E-state index in [0.29, 0.717) is 19.4 Å². The van der Waals surface area contributed by atoms with Crippen LogP contribution in [0.5, 0.6) is 0 Å². The molecule has 5 nitrogen and oxygen atoms in total. The Morgan fingerprint density at radius 2 is 2.11 bits per heavy atom. The smallest absolute Gasteiger partial charge is 0.303 e. The Morgan fingerprint density at radius 1 is 1.37 bits per heavy atom. The maximum absolute atomic E-state index is 11.7. The minimum absolute atomic E-state index is 0.0286. The van der Waals surface area contributed by atoms with Crippen LogP contribution >= 0.6 is 0 Å². The Kier molecular flexibility index (Phi) is 6.28. The van der Waals surface area contributed by atoms with Crippen LogP contribution in [0.4, 0.5) is 0 Å². The van der Waals surface area contributed by atoms with Gasteiger partial charge in [0.2, 0.25) is 5.91 Å². The Labute approximate surface area is 114 Å². The molecule has 1 heterocycles. The van der Waals surface area contributed by atoms with Gasteiger partial charge in [-0.3, -0.25) is 9.59 Å². The predicted molar refractivity (Wildman–Crippen MR) is 71.9 cm³/mol. The third kappa shape index (κ3) is 7.15. The Bertz CT molecular complexity index is 309. The van der Waals surface area contributed by atoms with Gasteiger partial charge < -0.3 is 15.2 Å². The van der Waals surface area contributed by atoms with Crippen LogP contribution in [0.25, 0.3) is 0 Å². The molecule has 0 aliphatic carbocycles. The molecule has 1 saturated heterocycles. The van der Waals surface area contributed by atoms with E-state index in [1.54, 1.807) is 0 Å². The number of carboxylic acids is 1. The van der Waals surface area contributed by atoms with Gasteiger partial charge in [-0.1, -0.05) is 13.8 Å². The average molecular weight is 271 g/mol. The molecule has 0 bridgehead atoms. The molecule has 0 saturated carbocycles. The number of amides is 1. The van der Waals surface area contributed by atoms with E-state index in [1.807, 2.05) is 13.8 Å². The van der Waals surface area contributed by atoms with Crippen molar-refractivity contribution in [1.29, 1.82) is 0 Å². The maximum atomic E-state index is 11.7. The SMILES string of the molecule is CC(C)(CCNC(=O)CC1CCCO1)CCC(=O)O. The summed E-state index contributed by atoms with van der Waals surface area (Å²) in [4.78, 5) is 22.2. The average Bonchev–Trinajstić information content (AvgIpc) is 2.79. The maximum Gasteiger partial charge on any atom is 0.303 e. The molecule has 2 N–H and O–H groups in total. The Balaban J connectivity index is 2.13. The van der Waals surface area contributed by atoms with E-state index in [-0.39, 0.29) is 23.8 Å². The van der Waals surface area contributed by atoms with Gasteiger partial charge in [0, 0.05) is 19.6 Å². The van der Waals surface area contributed by atoms with Crippen molar-refractivity contribution < 1.29 is 19.4 Å². The Hall–Kier alpha value is -1.10. The zero-order chi connectivity index (χ0) is 14.3. The van der Waals surface area contributed by atoms with Crippen molar-refractivity contribution in [3.8, 4) is 0 Å². The first kappa shape index (κ1) is 16.0. The summed E-state index contributed by atoms with van der Waals surface area (Å²) in [6.07, 6.45) is 4.13. The van der Waals surface area contributed by atoms with Gasteiger partial charge in [0.25, 0.3) is 0 Å². The van der Waals surface area contributed by atoms with E-state index in [0.717, 1.165) is 25.9 Å². The van der Waals surface area contributed by atoms with E-state index >= 15 is 0 Å². The second-order valence-corrected chi connectivity index (χ2v) is 6.00. The van der Waals surface area contributed by atoms with Crippen molar-refractivity contribution in [3.63, 3.8) is 0 Å². The zero-order valence-corrected chi connectivity index (χ0v) is 11.9. The molecular formula is C14H25NO4. The fourth-order valence-electron chi connectivity index (χ4n) is 2.19. The lowest BCUT2D eigenvalue weighted by molar-refractivity contribution is -0.137. The number of hydrogen-bond acceptors (Lipinski definition) is 3. The highest BCUT2D eigenvalue weighted by atomic mass is 16.5. The minimum atomic E-state index is -0.768. The van der Waals surface area contributed by atoms with Gasteiger partial charge in [0.1, 0.15) is 0 Å². The van der Waals surface area contributed by atoms with Crippen molar-refractivity contribution in [2.45, 2.75) is 58.5 Å². The van der Waals surface area contributed by atoms with Crippen molar-refractivity contribution in [2.24, 2.45) is 5.41 Å². The predicted octanol–water partition coefficient (Wildman–Crippen LogP) is 1.95. The fraction of sp³-hybridized carbons (Fsp3) is 0.857. The molecule has 1 rings (SSSR count). The number of aliphatic carboxylic acids is 1. The number of carboxylic acid groups (broad SMARTS) is 1. The largest absolute Gasteiger partial charge is 0.481 e. The third-order valence-corrected chi connectivity index (χ3v) is 3.58. The lowest BCUT2D eigenvalue weighted by Gasteiger charge is -2.24. The standard InChI is InChI=1S/C14H25NO4/c1-14(2,6-5-13(17)18)7-8-15-12(16)10-11-4-3-9-19-11/h11H,3-10H2,1-2H3,(H,15,16)(H,17,18). The number of rotatable bonds is 8. The lowest BCUT2D eigenvalue weighted by Crippen LogP contribution is -2.30. The summed E-state index contributed by atoms with van der Waals surface area (Å²) >= 11 is 0. The molecule has 0 spiro atoms. The highest BCUT2D eigenvalue weighted by Gasteiger charge is 2.21. The second-order valence-electron chi connectivity index (χ2n) is 6.00. The number of ether oxygens (including phenoxy) is 1. The number of nitrogens with one attached hydrogen (secondary N) is 1. The van der Waals surface area contributed by atoms with Gasteiger partial charge in [-0.15, -0.1) is 0 Å². The van der Waals surface area contributed by atoms with E-state index in [1.165, 1.54) is 0 Å².